The Balaban J connectivity index is 2.41. The summed E-state index contributed by atoms with van der Waals surface area (Å²) in [6.07, 6.45) is 0.711. The minimum absolute atomic E-state index is 0.345. The van der Waals surface area contributed by atoms with Crippen molar-refractivity contribution in [2.24, 2.45) is 0 Å². The molecule has 2 atom stereocenters. The van der Waals surface area contributed by atoms with Gasteiger partial charge in [-0.25, -0.2) is 0 Å². The Kier molecular flexibility index (Phi) is 2.46. The van der Waals surface area contributed by atoms with E-state index in [2.05, 4.69) is 10.2 Å². The van der Waals surface area contributed by atoms with E-state index in [1.807, 2.05) is 14.1 Å². The first-order chi connectivity index (χ1) is 5.11. The lowest BCUT2D eigenvalue weighted by atomic mass is 10.1. The molecule has 1 saturated heterocycles. The van der Waals surface area contributed by atoms with Gasteiger partial charge in [0, 0.05) is 12.6 Å². The van der Waals surface area contributed by atoms with Crippen LogP contribution >= 0.6 is 0 Å². The minimum Gasteiger partial charge on any atom is -0.480 e. The van der Waals surface area contributed by atoms with Crippen LogP contribution in [0.25, 0.3) is 0 Å². The molecule has 2 N–H and O–H groups in total. The van der Waals surface area contributed by atoms with Gasteiger partial charge in [-0.1, -0.05) is 0 Å². The molecule has 1 unspecified atom stereocenters. The average molecular weight is 158 g/mol. The highest BCUT2D eigenvalue weighted by molar-refractivity contribution is 5.73. The van der Waals surface area contributed by atoms with Crippen LogP contribution in [0.4, 0.5) is 0 Å². The maximum Gasteiger partial charge on any atom is 0.320 e. The summed E-state index contributed by atoms with van der Waals surface area (Å²) in [7, 11) is 3.94. The van der Waals surface area contributed by atoms with E-state index >= 15 is 0 Å². The number of carbonyl (C=O) groups is 1. The third-order valence-corrected chi connectivity index (χ3v) is 2.14. The van der Waals surface area contributed by atoms with Crippen molar-refractivity contribution < 1.29 is 9.90 Å². The second-order valence-corrected chi connectivity index (χ2v) is 3.15. The minimum atomic E-state index is -0.741. The molecule has 0 aromatic heterocycles. The lowest BCUT2D eigenvalue weighted by Crippen LogP contribution is -2.30. The fourth-order valence-electron chi connectivity index (χ4n) is 1.30. The first-order valence-electron chi connectivity index (χ1n) is 3.74. The molecule has 11 heavy (non-hydrogen) atoms. The zero-order chi connectivity index (χ0) is 8.43. The summed E-state index contributed by atoms with van der Waals surface area (Å²) in [5, 5.41) is 11.6. The van der Waals surface area contributed by atoms with E-state index < -0.39 is 5.97 Å². The van der Waals surface area contributed by atoms with Gasteiger partial charge < -0.3 is 15.3 Å². The molecular weight excluding hydrogens is 144 g/mol. The maximum atomic E-state index is 10.5. The van der Waals surface area contributed by atoms with Crippen LogP contribution in [-0.2, 0) is 4.79 Å². The summed E-state index contributed by atoms with van der Waals surface area (Å²) in [5.41, 5.74) is 0. The van der Waals surface area contributed by atoms with Crippen molar-refractivity contribution in [2.45, 2.75) is 18.5 Å². The van der Waals surface area contributed by atoms with Crippen molar-refractivity contribution in [2.75, 3.05) is 20.6 Å². The monoisotopic (exact) mass is 158 g/mol. The molecule has 0 amide bonds. The Morgan fingerprint density at radius 1 is 1.64 bits per heavy atom. The van der Waals surface area contributed by atoms with Crippen LogP contribution in [0.3, 0.4) is 0 Å². The number of nitrogens with zero attached hydrogens (tertiary/aromatic N) is 1. The van der Waals surface area contributed by atoms with Crippen molar-refractivity contribution in [1.29, 1.82) is 0 Å². The first kappa shape index (κ1) is 8.49. The third-order valence-electron chi connectivity index (χ3n) is 2.14. The van der Waals surface area contributed by atoms with Crippen LogP contribution in [-0.4, -0.2) is 48.7 Å². The quantitative estimate of drug-likeness (QED) is 0.561. The van der Waals surface area contributed by atoms with Gasteiger partial charge in [0.05, 0.1) is 0 Å². The third kappa shape index (κ3) is 1.91. The number of hydrogen-bond acceptors (Lipinski definition) is 3. The fraction of sp³-hybridized carbons (Fsp3) is 0.857. The molecule has 0 aromatic carbocycles. The summed E-state index contributed by atoms with van der Waals surface area (Å²) in [6.45, 7) is 0.782. The second-order valence-electron chi connectivity index (χ2n) is 3.15. The Bertz CT molecular complexity index is 159. The van der Waals surface area contributed by atoms with Crippen LogP contribution in [0.5, 0.6) is 0 Å². The van der Waals surface area contributed by atoms with Gasteiger partial charge in [0.2, 0.25) is 0 Å². The van der Waals surface area contributed by atoms with E-state index in [0.29, 0.717) is 12.5 Å². The molecule has 4 heteroatoms. The Morgan fingerprint density at radius 3 is 2.55 bits per heavy atom. The van der Waals surface area contributed by atoms with Crippen LogP contribution in [0.2, 0.25) is 0 Å². The molecule has 1 fully saturated rings. The van der Waals surface area contributed by atoms with Crippen LogP contribution < -0.4 is 5.32 Å². The fourth-order valence-corrected chi connectivity index (χ4v) is 1.30. The largest absolute Gasteiger partial charge is 0.480 e. The van der Waals surface area contributed by atoms with Crippen LogP contribution in [0.1, 0.15) is 6.42 Å². The van der Waals surface area contributed by atoms with E-state index in [4.69, 9.17) is 5.11 Å². The number of carboxylic acids is 1. The molecule has 4 nitrogen and oxygen atoms in total. The zero-order valence-corrected chi connectivity index (χ0v) is 6.87. The molecular formula is C7H14N2O2. The first-order valence-corrected chi connectivity index (χ1v) is 3.74. The molecule has 1 aliphatic rings. The van der Waals surface area contributed by atoms with Gasteiger partial charge in [-0.3, -0.25) is 4.79 Å². The van der Waals surface area contributed by atoms with Crippen LogP contribution in [0.15, 0.2) is 0 Å². The van der Waals surface area contributed by atoms with E-state index in [9.17, 15) is 4.79 Å². The topological polar surface area (TPSA) is 52.6 Å². The van der Waals surface area contributed by atoms with Gasteiger partial charge in [0.25, 0.3) is 0 Å². The van der Waals surface area contributed by atoms with Gasteiger partial charge in [0.15, 0.2) is 0 Å². The molecule has 0 aliphatic carbocycles. The molecule has 0 saturated carbocycles. The smallest absolute Gasteiger partial charge is 0.320 e. The van der Waals surface area contributed by atoms with Crippen molar-refractivity contribution in [3.05, 3.63) is 0 Å². The van der Waals surface area contributed by atoms with Gasteiger partial charge in [-0.2, -0.15) is 0 Å². The second kappa shape index (κ2) is 3.19. The SMILES string of the molecule is CN(C)C1CN[C@@H](C(=O)O)C1. The number of likely N-dealkylation sites (N-methyl/N-ethyl adjacent to an activating group) is 1. The highest BCUT2D eigenvalue weighted by atomic mass is 16.4. The lowest BCUT2D eigenvalue weighted by Gasteiger charge is -2.16. The van der Waals surface area contributed by atoms with Crippen molar-refractivity contribution in [3.8, 4) is 0 Å². The molecule has 0 radical (unpaired) electrons. The highest BCUT2D eigenvalue weighted by Gasteiger charge is 2.29. The average Bonchev–Trinajstić information content (AvgIpc) is 2.33. The van der Waals surface area contributed by atoms with Crippen molar-refractivity contribution in [1.82, 2.24) is 10.2 Å². The summed E-state index contributed by atoms with van der Waals surface area (Å²) >= 11 is 0. The van der Waals surface area contributed by atoms with Crippen molar-refractivity contribution >= 4 is 5.97 Å². The predicted molar refractivity (Wildman–Crippen MR) is 41.5 cm³/mol. The molecule has 1 rings (SSSR count). The summed E-state index contributed by atoms with van der Waals surface area (Å²) in [5.74, 6) is -0.741. The van der Waals surface area contributed by atoms with Gasteiger partial charge in [-0.15, -0.1) is 0 Å². The predicted octanol–water partition coefficient (Wildman–Crippen LogP) is -0.637. The summed E-state index contributed by atoms with van der Waals surface area (Å²) in [6, 6.07) is 0.0264. The molecule has 0 bridgehead atoms. The van der Waals surface area contributed by atoms with E-state index in [1.54, 1.807) is 0 Å². The molecule has 1 aliphatic heterocycles. The Labute approximate surface area is 66.2 Å². The van der Waals surface area contributed by atoms with E-state index in [0.717, 1.165) is 6.54 Å². The van der Waals surface area contributed by atoms with E-state index in [-0.39, 0.29) is 6.04 Å². The van der Waals surface area contributed by atoms with Gasteiger partial charge >= 0.3 is 5.97 Å². The Hall–Kier alpha value is -0.610. The van der Waals surface area contributed by atoms with E-state index in [1.165, 1.54) is 0 Å². The summed E-state index contributed by atoms with van der Waals surface area (Å²) in [4.78, 5) is 12.5. The number of rotatable bonds is 2. The van der Waals surface area contributed by atoms with Crippen LogP contribution in [0, 0.1) is 0 Å². The maximum absolute atomic E-state index is 10.5. The van der Waals surface area contributed by atoms with Gasteiger partial charge in [-0.05, 0) is 20.5 Å². The zero-order valence-electron chi connectivity index (χ0n) is 6.87. The lowest BCUT2D eigenvalue weighted by molar-refractivity contribution is -0.139. The Morgan fingerprint density at radius 2 is 2.27 bits per heavy atom. The normalized spacial score (nSPS) is 31.2. The highest BCUT2D eigenvalue weighted by Crippen LogP contribution is 2.10. The summed E-state index contributed by atoms with van der Waals surface area (Å²) < 4.78 is 0. The number of hydrogen-bond donors (Lipinski definition) is 2. The molecule has 1 heterocycles. The molecule has 0 aromatic rings. The number of nitrogens with one attached hydrogen (secondary N) is 1. The number of aliphatic carboxylic acids is 1. The number of carboxylic acid groups (broad SMARTS) is 1. The van der Waals surface area contributed by atoms with Gasteiger partial charge in [0.1, 0.15) is 6.04 Å². The van der Waals surface area contributed by atoms with Crippen molar-refractivity contribution in [3.63, 3.8) is 0 Å². The molecule has 0 spiro atoms. The molecule has 64 valence electrons. The standard InChI is InChI=1S/C7H14N2O2/c1-9(2)5-3-6(7(10)11)8-4-5/h5-6,8H,3-4H2,1-2H3,(H,10,11)/t5?,6-/m1/s1.